The van der Waals surface area contributed by atoms with Crippen LogP contribution in [0.5, 0.6) is 0 Å². The summed E-state index contributed by atoms with van der Waals surface area (Å²) in [5.74, 6) is -0.556. The van der Waals surface area contributed by atoms with Crippen LogP contribution in [0.2, 0.25) is 0 Å². The van der Waals surface area contributed by atoms with Crippen molar-refractivity contribution in [2.45, 2.75) is 4.90 Å². The van der Waals surface area contributed by atoms with Gasteiger partial charge < -0.3 is 4.57 Å². The number of sulfonamides is 1. The molecule has 0 unspecified atom stereocenters. The molecule has 0 fully saturated rings. The number of aryl methyl sites for hydroxylation is 1. The summed E-state index contributed by atoms with van der Waals surface area (Å²) < 4.78 is 29.1. The van der Waals surface area contributed by atoms with Gasteiger partial charge in [0, 0.05) is 37.8 Å². The molecule has 0 atom stereocenters. The summed E-state index contributed by atoms with van der Waals surface area (Å²) >= 11 is 1.22. The quantitative estimate of drug-likeness (QED) is 0.284. The van der Waals surface area contributed by atoms with Gasteiger partial charge in [-0.15, -0.1) is 13.2 Å². The maximum absolute atomic E-state index is 12.8. The van der Waals surface area contributed by atoms with E-state index >= 15 is 0 Å². The third kappa shape index (κ3) is 4.59. The fourth-order valence-corrected chi connectivity index (χ4v) is 5.34. The van der Waals surface area contributed by atoms with Crippen LogP contribution < -0.4 is 4.80 Å². The minimum Gasteiger partial charge on any atom is -0.319 e. The van der Waals surface area contributed by atoms with Gasteiger partial charge >= 0.3 is 0 Å². The van der Waals surface area contributed by atoms with E-state index < -0.39 is 20.9 Å². The van der Waals surface area contributed by atoms with Crippen LogP contribution in [0.4, 0.5) is 5.69 Å². The van der Waals surface area contributed by atoms with Crippen LogP contribution in [-0.2, 0) is 17.1 Å². The number of rotatable bonds is 8. The number of fused-ring (bicyclic) bond motifs is 1. The molecule has 2 aromatic carbocycles. The Kier molecular flexibility index (Phi) is 6.82. The Morgan fingerprint density at radius 2 is 1.81 bits per heavy atom. The standard InChI is InChI=1S/C21H20N4O5S2/c1-4-12-24(13-5-2)32(29,30)17-9-6-15(7-10-17)20(26)22-21-23(3)18-14-16(25(27)28)8-11-19(18)31-21/h4-11,14H,1-2,12-13H2,3H3. The van der Waals surface area contributed by atoms with E-state index in [-0.39, 0.29) is 29.2 Å². The molecule has 0 saturated carbocycles. The number of aromatic nitrogens is 1. The first-order chi connectivity index (χ1) is 15.2. The first kappa shape index (κ1) is 23.3. The van der Waals surface area contributed by atoms with Crippen molar-refractivity contribution in [2.75, 3.05) is 13.1 Å². The molecule has 166 valence electrons. The maximum atomic E-state index is 12.8. The number of non-ortho nitro benzene ring substituents is 1. The minimum absolute atomic E-state index is 0.0393. The van der Waals surface area contributed by atoms with Crippen molar-refractivity contribution in [3.05, 3.63) is 88.3 Å². The molecule has 0 bridgehead atoms. The minimum atomic E-state index is -3.77. The number of carbonyl (C=O) groups excluding carboxylic acids is 1. The van der Waals surface area contributed by atoms with Crippen molar-refractivity contribution in [3.63, 3.8) is 0 Å². The number of benzene rings is 2. The Balaban J connectivity index is 1.93. The van der Waals surface area contributed by atoms with Crippen molar-refractivity contribution in [1.82, 2.24) is 8.87 Å². The highest BCUT2D eigenvalue weighted by molar-refractivity contribution is 7.89. The van der Waals surface area contributed by atoms with Gasteiger partial charge in [-0.2, -0.15) is 9.30 Å². The second-order valence-electron chi connectivity index (χ2n) is 6.69. The molecular weight excluding hydrogens is 452 g/mol. The highest BCUT2D eigenvalue weighted by Crippen LogP contribution is 2.22. The Bertz CT molecular complexity index is 1380. The van der Waals surface area contributed by atoms with E-state index in [0.29, 0.717) is 10.3 Å². The van der Waals surface area contributed by atoms with Gasteiger partial charge in [0.05, 0.1) is 20.0 Å². The zero-order chi connectivity index (χ0) is 23.5. The molecule has 0 saturated heterocycles. The highest BCUT2D eigenvalue weighted by atomic mass is 32.2. The molecule has 9 nitrogen and oxygen atoms in total. The van der Waals surface area contributed by atoms with Crippen LogP contribution in [0, 0.1) is 10.1 Å². The zero-order valence-corrected chi connectivity index (χ0v) is 18.8. The lowest BCUT2D eigenvalue weighted by Gasteiger charge is -2.19. The number of amides is 1. The van der Waals surface area contributed by atoms with Crippen molar-refractivity contribution < 1.29 is 18.1 Å². The first-order valence-electron chi connectivity index (χ1n) is 9.34. The molecule has 3 rings (SSSR count). The van der Waals surface area contributed by atoms with Crippen LogP contribution >= 0.6 is 11.3 Å². The Morgan fingerprint density at radius 3 is 2.38 bits per heavy atom. The molecule has 1 amide bonds. The molecule has 0 aliphatic rings. The van der Waals surface area contributed by atoms with Gasteiger partial charge in [0.2, 0.25) is 10.0 Å². The number of nitro benzene ring substituents is 1. The van der Waals surface area contributed by atoms with Crippen molar-refractivity contribution in [3.8, 4) is 0 Å². The summed E-state index contributed by atoms with van der Waals surface area (Å²) in [6.45, 7) is 7.40. The van der Waals surface area contributed by atoms with Crippen LogP contribution in [0.3, 0.4) is 0 Å². The largest absolute Gasteiger partial charge is 0.319 e. The normalized spacial score (nSPS) is 12.2. The van der Waals surface area contributed by atoms with E-state index in [4.69, 9.17) is 0 Å². The molecule has 1 aromatic heterocycles. The molecule has 0 spiro atoms. The topological polar surface area (TPSA) is 115 Å². The Hall–Kier alpha value is -3.41. The number of carbonyl (C=O) groups is 1. The third-order valence-corrected chi connectivity index (χ3v) is 7.56. The molecular formula is C21H20N4O5S2. The number of hydrogen-bond donors (Lipinski definition) is 0. The fourth-order valence-electron chi connectivity index (χ4n) is 2.96. The molecule has 32 heavy (non-hydrogen) atoms. The zero-order valence-electron chi connectivity index (χ0n) is 17.2. The summed E-state index contributed by atoms with van der Waals surface area (Å²) in [6.07, 6.45) is 2.97. The summed E-state index contributed by atoms with van der Waals surface area (Å²) in [4.78, 5) is 27.7. The number of thiazole rings is 1. The molecule has 0 aliphatic carbocycles. The van der Waals surface area contributed by atoms with Crippen LogP contribution in [0.15, 0.2) is 77.7 Å². The monoisotopic (exact) mass is 472 g/mol. The highest BCUT2D eigenvalue weighted by Gasteiger charge is 2.22. The first-order valence-corrected chi connectivity index (χ1v) is 11.6. The predicted octanol–water partition coefficient (Wildman–Crippen LogP) is 3.25. The number of nitrogens with zero attached hydrogens (tertiary/aromatic N) is 4. The van der Waals surface area contributed by atoms with E-state index in [2.05, 4.69) is 18.2 Å². The SMILES string of the molecule is C=CCN(CC=C)S(=O)(=O)c1ccc(C(=O)N=c2sc3ccc([N+](=O)[O-])cc3n2C)cc1. The van der Waals surface area contributed by atoms with E-state index in [1.165, 1.54) is 64.2 Å². The smallest absolute Gasteiger partial charge is 0.279 e. The molecule has 11 heteroatoms. The second-order valence-corrected chi connectivity index (χ2v) is 9.64. The molecule has 3 aromatic rings. The van der Waals surface area contributed by atoms with Gasteiger partial charge in [-0.05, 0) is 30.3 Å². The molecule has 1 heterocycles. The van der Waals surface area contributed by atoms with Crippen LogP contribution in [0.25, 0.3) is 10.2 Å². The summed E-state index contributed by atoms with van der Waals surface area (Å²) in [6, 6.07) is 9.93. The van der Waals surface area contributed by atoms with Crippen molar-refractivity contribution >= 4 is 43.2 Å². The van der Waals surface area contributed by atoms with Crippen LogP contribution in [-0.4, -0.2) is 41.2 Å². The second kappa shape index (κ2) is 9.39. The van der Waals surface area contributed by atoms with E-state index in [0.717, 1.165) is 4.70 Å². The summed E-state index contributed by atoms with van der Waals surface area (Å²) in [7, 11) is -2.11. The fraction of sp³-hybridized carbons (Fsp3) is 0.143. The van der Waals surface area contributed by atoms with E-state index in [1.54, 1.807) is 17.7 Å². The van der Waals surface area contributed by atoms with Gasteiger partial charge in [-0.25, -0.2) is 8.42 Å². The van der Waals surface area contributed by atoms with Crippen molar-refractivity contribution in [2.24, 2.45) is 12.0 Å². The van der Waals surface area contributed by atoms with Gasteiger partial charge in [-0.1, -0.05) is 23.5 Å². The maximum Gasteiger partial charge on any atom is 0.279 e. The lowest BCUT2D eigenvalue weighted by Crippen LogP contribution is -2.31. The molecule has 0 N–H and O–H groups in total. The lowest BCUT2D eigenvalue weighted by molar-refractivity contribution is -0.384. The number of nitro groups is 1. The van der Waals surface area contributed by atoms with E-state index in [9.17, 15) is 23.3 Å². The van der Waals surface area contributed by atoms with Gasteiger partial charge in [0.1, 0.15) is 0 Å². The Morgan fingerprint density at radius 1 is 1.19 bits per heavy atom. The Labute approximate surface area is 188 Å². The average Bonchev–Trinajstić information content (AvgIpc) is 3.08. The number of hydrogen-bond acceptors (Lipinski definition) is 6. The lowest BCUT2D eigenvalue weighted by atomic mass is 10.2. The van der Waals surface area contributed by atoms with Crippen LogP contribution in [0.1, 0.15) is 10.4 Å². The third-order valence-electron chi connectivity index (χ3n) is 4.60. The van der Waals surface area contributed by atoms with Gasteiger partial charge in [0.25, 0.3) is 11.6 Å². The predicted molar refractivity (Wildman–Crippen MR) is 123 cm³/mol. The summed E-state index contributed by atoms with van der Waals surface area (Å²) in [5, 5.41) is 11.0. The average molecular weight is 473 g/mol. The van der Waals surface area contributed by atoms with Crippen molar-refractivity contribution in [1.29, 1.82) is 0 Å². The molecule has 0 aliphatic heterocycles. The molecule has 0 radical (unpaired) electrons. The van der Waals surface area contributed by atoms with Gasteiger partial charge in [0.15, 0.2) is 4.80 Å². The van der Waals surface area contributed by atoms with E-state index in [1.807, 2.05) is 0 Å². The summed E-state index contributed by atoms with van der Waals surface area (Å²) in [5.41, 5.74) is 0.746. The van der Waals surface area contributed by atoms with Gasteiger partial charge in [-0.3, -0.25) is 14.9 Å².